The molecule has 1 aromatic heterocycles. The van der Waals surface area contributed by atoms with Gasteiger partial charge in [0.15, 0.2) is 5.76 Å². The molecule has 3 aromatic carbocycles. The number of hydrogen-bond acceptors (Lipinski definition) is 4. The minimum Gasteiger partial charge on any atom is -0.436 e. The Bertz CT molecular complexity index is 1330. The minimum atomic E-state index is -0.314. The first-order chi connectivity index (χ1) is 16.1. The van der Waals surface area contributed by atoms with E-state index in [-0.39, 0.29) is 11.8 Å². The molecule has 0 saturated carbocycles. The monoisotopic (exact) mass is 457 g/mol. The number of hydrogen-bond donors (Lipinski definition) is 1. The van der Waals surface area contributed by atoms with Crippen molar-refractivity contribution in [2.75, 3.05) is 16.8 Å². The van der Waals surface area contributed by atoms with Crippen LogP contribution in [0.2, 0.25) is 5.02 Å². The van der Waals surface area contributed by atoms with Crippen molar-refractivity contribution in [3.05, 3.63) is 89.6 Å². The third-order valence-corrected chi connectivity index (χ3v) is 5.84. The second-order valence-electron chi connectivity index (χ2n) is 7.71. The summed E-state index contributed by atoms with van der Waals surface area (Å²) in [6, 6.07) is 21.9. The molecule has 164 valence electrons. The van der Waals surface area contributed by atoms with E-state index in [0.29, 0.717) is 52.1 Å². The highest BCUT2D eigenvalue weighted by atomic mass is 35.5. The minimum absolute atomic E-state index is 0.0587. The molecule has 0 radical (unpaired) electrons. The van der Waals surface area contributed by atoms with Crippen molar-refractivity contribution >= 4 is 34.8 Å². The fourth-order valence-electron chi connectivity index (χ4n) is 3.91. The largest absolute Gasteiger partial charge is 0.436 e. The van der Waals surface area contributed by atoms with Crippen molar-refractivity contribution in [1.29, 1.82) is 0 Å². The molecule has 4 aromatic rings. The van der Waals surface area contributed by atoms with Gasteiger partial charge in [0.1, 0.15) is 0 Å². The standard InChI is InChI=1S/C26H20ClN3O3/c27-21-15-18(12-13-22(21)30-14-6-11-24(30)31)29-25(32)19-9-4-5-10-20(19)26-28-16-23(33-26)17-7-2-1-3-8-17/h1-5,7-10,12-13,15-16H,6,11,14H2,(H,29,32). The molecular formula is C26H20ClN3O3. The Morgan fingerprint density at radius 3 is 2.58 bits per heavy atom. The van der Waals surface area contributed by atoms with Gasteiger partial charge in [-0.2, -0.15) is 0 Å². The van der Waals surface area contributed by atoms with Crippen LogP contribution in [0, 0.1) is 0 Å². The first kappa shape index (κ1) is 21.0. The predicted octanol–water partition coefficient (Wildman–Crippen LogP) is 6.04. The van der Waals surface area contributed by atoms with E-state index in [1.807, 2.05) is 36.4 Å². The van der Waals surface area contributed by atoms with Crippen molar-refractivity contribution in [1.82, 2.24) is 4.98 Å². The Labute approximate surface area is 195 Å². The van der Waals surface area contributed by atoms with Gasteiger partial charge in [0, 0.05) is 29.8 Å². The van der Waals surface area contributed by atoms with Crippen LogP contribution < -0.4 is 10.2 Å². The highest BCUT2D eigenvalue weighted by Gasteiger charge is 2.24. The highest BCUT2D eigenvalue weighted by molar-refractivity contribution is 6.34. The molecule has 0 unspecified atom stereocenters. The van der Waals surface area contributed by atoms with Gasteiger partial charge in [0.2, 0.25) is 11.8 Å². The number of benzene rings is 3. The smallest absolute Gasteiger partial charge is 0.256 e. The van der Waals surface area contributed by atoms with Crippen LogP contribution in [0.5, 0.6) is 0 Å². The van der Waals surface area contributed by atoms with Crippen molar-refractivity contribution in [2.24, 2.45) is 0 Å². The van der Waals surface area contributed by atoms with Crippen LogP contribution in [-0.4, -0.2) is 23.3 Å². The number of aromatic nitrogens is 1. The van der Waals surface area contributed by atoms with Crippen molar-refractivity contribution in [3.8, 4) is 22.8 Å². The molecule has 0 atom stereocenters. The first-order valence-electron chi connectivity index (χ1n) is 10.6. The topological polar surface area (TPSA) is 75.4 Å². The molecule has 1 N–H and O–H groups in total. The van der Waals surface area contributed by atoms with Gasteiger partial charge in [-0.25, -0.2) is 4.98 Å². The summed E-state index contributed by atoms with van der Waals surface area (Å²) in [5.41, 5.74) is 3.11. The summed E-state index contributed by atoms with van der Waals surface area (Å²) < 4.78 is 5.95. The molecule has 0 aliphatic carbocycles. The van der Waals surface area contributed by atoms with Crippen LogP contribution in [0.15, 0.2) is 83.4 Å². The van der Waals surface area contributed by atoms with E-state index in [4.69, 9.17) is 16.0 Å². The summed E-state index contributed by atoms with van der Waals surface area (Å²) in [7, 11) is 0. The Balaban J connectivity index is 1.39. The van der Waals surface area contributed by atoms with E-state index in [2.05, 4.69) is 10.3 Å². The van der Waals surface area contributed by atoms with Crippen LogP contribution >= 0.6 is 11.6 Å². The molecule has 1 aliphatic heterocycles. The highest BCUT2D eigenvalue weighted by Crippen LogP contribution is 2.33. The number of rotatable bonds is 5. The van der Waals surface area contributed by atoms with Crippen LogP contribution in [0.3, 0.4) is 0 Å². The van der Waals surface area contributed by atoms with E-state index >= 15 is 0 Å². The molecule has 6 nitrogen and oxygen atoms in total. The molecule has 7 heteroatoms. The van der Waals surface area contributed by atoms with Gasteiger partial charge in [-0.1, -0.05) is 54.1 Å². The van der Waals surface area contributed by atoms with Crippen molar-refractivity contribution < 1.29 is 14.0 Å². The molecule has 0 spiro atoms. The number of anilines is 2. The first-order valence-corrected chi connectivity index (χ1v) is 11.0. The van der Waals surface area contributed by atoms with Crippen LogP contribution in [0.1, 0.15) is 23.2 Å². The summed E-state index contributed by atoms with van der Waals surface area (Å²) in [5, 5.41) is 3.29. The molecule has 1 aliphatic rings. The van der Waals surface area contributed by atoms with E-state index in [0.717, 1.165) is 12.0 Å². The lowest BCUT2D eigenvalue weighted by Gasteiger charge is -2.18. The lowest BCUT2D eigenvalue weighted by atomic mass is 10.1. The normalized spacial score (nSPS) is 13.4. The lowest BCUT2D eigenvalue weighted by Crippen LogP contribution is -2.24. The van der Waals surface area contributed by atoms with Gasteiger partial charge in [0.25, 0.3) is 5.91 Å². The zero-order valence-corrected chi connectivity index (χ0v) is 18.4. The van der Waals surface area contributed by atoms with E-state index in [9.17, 15) is 9.59 Å². The fraction of sp³-hybridized carbons (Fsp3) is 0.115. The number of carbonyl (C=O) groups is 2. The summed E-state index contributed by atoms with van der Waals surface area (Å²) in [5.74, 6) is 0.731. The molecule has 1 saturated heterocycles. The Hall–Kier alpha value is -3.90. The van der Waals surface area contributed by atoms with Gasteiger partial charge in [0.05, 0.1) is 22.5 Å². The molecule has 33 heavy (non-hydrogen) atoms. The van der Waals surface area contributed by atoms with Gasteiger partial charge < -0.3 is 14.6 Å². The summed E-state index contributed by atoms with van der Waals surface area (Å²) in [6.07, 6.45) is 2.99. The van der Waals surface area contributed by atoms with Gasteiger partial charge in [-0.15, -0.1) is 0 Å². The number of nitrogens with one attached hydrogen (secondary N) is 1. The summed E-state index contributed by atoms with van der Waals surface area (Å²) in [6.45, 7) is 0.652. The van der Waals surface area contributed by atoms with Gasteiger partial charge in [-0.05, 0) is 36.8 Å². The van der Waals surface area contributed by atoms with Crippen molar-refractivity contribution in [2.45, 2.75) is 12.8 Å². The maximum atomic E-state index is 13.1. The quantitative estimate of drug-likeness (QED) is 0.396. The zero-order valence-electron chi connectivity index (χ0n) is 17.6. The van der Waals surface area contributed by atoms with Crippen LogP contribution in [0.25, 0.3) is 22.8 Å². The van der Waals surface area contributed by atoms with Gasteiger partial charge >= 0.3 is 0 Å². The molecule has 1 fully saturated rings. The van der Waals surface area contributed by atoms with Crippen LogP contribution in [-0.2, 0) is 4.79 Å². The summed E-state index contributed by atoms with van der Waals surface area (Å²) >= 11 is 6.42. The number of oxazole rings is 1. The third kappa shape index (κ3) is 4.25. The Kier molecular flexibility index (Phi) is 5.67. The number of halogens is 1. The second-order valence-corrected chi connectivity index (χ2v) is 8.12. The van der Waals surface area contributed by atoms with E-state index in [1.54, 1.807) is 47.5 Å². The molecular weight excluding hydrogens is 438 g/mol. The van der Waals surface area contributed by atoms with Gasteiger partial charge in [-0.3, -0.25) is 9.59 Å². The average Bonchev–Trinajstić information content (AvgIpc) is 3.49. The van der Waals surface area contributed by atoms with E-state index in [1.165, 1.54) is 0 Å². The van der Waals surface area contributed by atoms with Crippen LogP contribution in [0.4, 0.5) is 11.4 Å². The zero-order chi connectivity index (χ0) is 22.8. The fourth-order valence-corrected chi connectivity index (χ4v) is 4.19. The Morgan fingerprint density at radius 1 is 1.03 bits per heavy atom. The predicted molar refractivity (Wildman–Crippen MR) is 128 cm³/mol. The second kappa shape index (κ2) is 8.92. The average molecular weight is 458 g/mol. The maximum Gasteiger partial charge on any atom is 0.256 e. The SMILES string of the molecule is O=C(Nc1ccc(N2CCCC2=O)c(Cl)c1)c1ccccc1-c1ncc(-c2ccccc2)o1. The maximum absolute atomic E-state index is 13.1. The van der Waals surface area contributed by atoms with E-state index < -0.39 is 0 Å². The molecule has 5 rings (SSSR count). The number of carbonyl (C=O) groups excluding carboxylic acids is 2. The molecule has 2 amide bonds. The Morgan fingerprint density at radius 2 is 1.82 bits per heavy atom. The molecule has 2 heterocycles. The number of nitrogens with zero attached hydrogens (tertiary/aromatic N) is 2. The number of amides is 2. The summed E-state index contributed by atoms with van der Waals surface area (Å²) in [4.78, 5) is 31.2. The third-order valence-electron chi connectivity index (χ3n) is 5.54. The lowest BCUT2D eigenvalue weighted by molar-refractivity contribution is -0.117. The van der Waals surface area contributed by atoms with Crippen molar-refractivity contribution in [3.63, 3.8) is 0 Å². The molecule has 0 bridgehead atoms.